The maximum Gasteiger partial charge on any atom is 0.338 e. The molecule has 1 heterocycles. The topological polar surface area (TPSA) is 57.6 Å². The van der Waals surface area contributed by atoms with Crippen molar-refractivity contribution in [3.63, 3.8) is 0 Å². The average Bonchev–Trinajstić information content (AvgIpc) is 3.26. The van der Waals surface area contributed by atoms with Crippen molar-refractivity contribution in [2.75, 3.05) is 13.1 Å². The van der Waals surface area contributed by atoms with Crippen LogP contribution in [-0.4, -0.2) is 35.0 Å². The van der Waals surface area contributed by atoms with E-state index in [1.165, 1.54) is 6.07 Å². The molecule has 1 aromatic carbocycles. The fourth-order valence-electron chi connectivity index (χ4n) is 2.47. The van der Waals surface area contributed by atoms with Gasteiger partial charge in [0.05, 0.1) is 22.2 Å². The Bertz CT molecular complexity index is 729. The molecule has 1 saturated carbocycles. The van der Waals surface area contributed by atoms with Crippen molar-refractivity contribution in [1.82, 2.24) is 4.90 Å². The van der Waals surface area contributed by atoms with Crippen LogP contribution in [0.1, 0.15) is 39.1 Å². The number of carboxylic acid groups (broad SMARTS) is 1. The number of nitrogens with zero attached hydrogens (tertiary/aromatic N) is 1. The summed E-state index contributed by atoms with van der Waals surface area (Å²) in [7, 11) is 0. The van der Waals surface area contributed by atoms with Crippen LogP contribution in [0.4, 0.5) is 0 Å². The van der Waals surface area contributed by atoms with Crippen LogP contribution in [0, 0.1) is 17.8 Å². The highest BCUT2D eigenvalue weighted by atomic mass is 35.5. The van der Waals surface area contributed by atoms with Gasteiger partial charge in [-0.1, -0.05) is 35.0 Å². The van der Waals surface area contributed by atoms with Gasteiger partial charge in [0, 0.05) is 18.0 Å². The van der Waals surface area contributed by atoms with Gasteiger partial charge in [-0.15, -0.1) is 0 Å². The Labute approximate surface area is 138 Å². The average molecular weight is 338 g/mol. The first-order valence-electron chi connectivity index (χ1n) is 7.01. The maximum absolute atomic E-state index is 12.5. The molecular weight excluding hydrogens is 325 g/mol. The van der Waals surface area contributed by atoms with Gasteiger partial charge in [-0.05, 0) is 30.9 Å². The van der Waals surface area contributed by atoms with Crippen molar-refractivity contribution < 1.29 is 14.7 Å². The molecule has 1 aliphatic carbocycles. The summed E-state index contributed by atoms with van der Waals surface area (Å²) in [6.45, 7) is 0.857. The molecule has 4 nitrogen and oxygen atoms in total. The normalized spacial score (nSPS) is 16.8. The summed E-state index contributed by atoms with van der Waals surface area (Å²) in [6.07, 6.45) is 2.79. The Morgan fingerprint density at radius 2 is 2.14 bits per heavy atom. The first-order chi connectivity index (χ1) is 10.5. The number of carbonyl (C=O) groups excluding carboxylic acids is 1. The quantitative estimate of drug-likeness (QED) is 0.843. The number of rotatable bonds is 2. The van der Waals surface area contributed by atoms with E-state index in [9.17, 15) is 9.59 Å². The highest BCUT2D eigenvalue weighted by Crippen LogP contribution is 2.34. The first kappa shape index (κ1) is 15.2. The molecule has 0 unspecified atom stereocenters. The first-order valence-corrected chi connectivity index (χ1v) is 7.76. The van der Waals surface area contributed by atoms with Crippen LogP contribution >= 0.6 is 23.2 Å². The zero-order valence-electron chi connectivity index (χ0n) is 11.7. The van der Waals surface area contributed by atoms with Gasteiger partial charge in [-0.3, -0.25) is 4.79 Å². The van der Waals surface area contributed by atoms with Crippen molar-refractivity contribution in [2.24, 2.45) is 5.92 Å². The standard InChI is InChI=1S/C16H13Cl2NO3/c17-12-8-11-10(14(18)13(12)16(21)22)5-7-19(15(11)20)6-1-2-9-3-4-9/h8-9H,3-7H2,(H,21,22). The van der Waals surface area contributed by atoms with Gasteiger partial charge in [-0.2, -0.15) is 0 Å². The zero-order chi connectivity index (χ0) is 15.9. The lowest BCUT2D eigenvalue weighted by atomic mass is 9.96. The van der Waals surface area contributed by atoms with Crippen molar-refractivity contribution in [2.45, 2.75) is 19.3 Å². The van der Waals surface area contributed by atoms with Crippen molar-refractivity contribution in [3.05, 3.63) is 32.8 Å². The summed E-state index contributed by atoms with van der Waals surface area (Å²) in [5.41, 5.74) is 0.788. The molecule has 0 radical (unpaired) electrons. The second-order valence-electron chi connectivity index (χ2n) is 5.45. The second kappa shape index (κ2) is 5.83. The molecular formula is C16H13Cl2NO3. The molecule has 1 fully saturated rings. The van der Waals surface area contributed by atoms with Gasteiger partial charge in [0.2, 0.25) is 0 Å². The molecule has 3 rings (SSSR count). The summed E-state index contributed by atoms with van der Waals surface area (Å²) in [4.78, 5) is 25.3. The van der Waals surface area contributed by atoms with Gasteiger partial charge in [0.1, 0.15) is 0 Å². The van der Waals surface area contributed by atoms with E-state index in [0.717, 1.165) is 12.8 Å². The van der Waals surface area contributed by atoms with E-state index in [-0.39, 0.29) is 21.5 Å². The van der Waals surface area contributed by atoms with Gasteiger partial charge in [0.15, 0.2) is 0 Å². The van der Waals surface area contributed by atoms with E-state index in [1.807, 2.05) is 0 Å². The number of aromatic carboxylic acids is 1. The lowest BCUT2D eigenvalue weighted by Gasteiger charge is -2.28. The van der Waals surface area contributed by atoms with E-state index >= 15 is 0 Å². The van der Waals surface area contributed by atoms with E-state index in [2.05, 4.69) is 11.8 Å². The number of hydrogen-bond acceptors (Lipinski definition) is 2. The number of hydrogen-bond donors (Lipinski definition) is 1. The fourth-order valence-corrected chi connectivity index (χ4v) is 3.19. The molecule has 2 aliphatic rings. The van der Waals surface area contributed by atoms with Crippen LogP contribution in [0.3, 0.4) is 0 Å². The van der Waals surface area contributed by atoms with Crippen LogP contribution < -0.4 is 0 Å². The fraction of sp³-hybridized carbons (Fsp3) is 0.375. The third-order valence-electron chi connectivity index (χ3n) is 3.84. The smallest absolute Gasteiger partial charge is 0.338 e. The van der Waals surface area contributed by atoms with Gasteiger partial charge in [-0.25, -0.2) is 4.79 Å². The number of fused-ring (bicyclic) bond motifs is 1. The Balaban J connectivity index is 1.90. The molecule has 0 saturated heterocycles. The molecule has 0 atom stereocenters. The van der Waals surface area contributed by atoms with Crippen LogP contribution in [0.25, 0.3) is 0 Å². The number of benzene rings is 1. The minimum atomic E-state index is -1.19. The molecule has 22 heavy (non-hydrogen) atoms. The van der Waals surface area contributed by atoms with E-state index in [4.69, 9.17) is 28.3 Å². The highest BCUT2D eigenvalue weighted by molar-refractivity contribution is 6.40. The third kappa shape index (κ3) is 2.79. The molecule has 1 aliphatic heterocycles. The summed E-state index contributed by atoms with van der Waals surface area (Å²) in [6, 6.07) is 1.40. The molecule has 6 heteroatoms. The van der Waals surface area contributed by atoms with Gasteiger partial charge < -0.3 is 10.0 Å². The number of amides is 1. The molecule has 1 aromatic rings. The Hall–Kier alpha value is -1.70. The van der Waals surface area contributed by atoms with Crippen LogP contribution in [0.15, 0.2) is 6.07 Å². The molecule has 1 amide bonds. The zero-order valence-corrected chi connectivity index (χ0v) is 13.2. The van der Waals surface area contributed by atoms with Crippen molar-refractivity contribution in [3.8, 4) is 11.8 Å². The number of carboxylic acids is 1. The maximum atomic E-state index is 12.5. The summed E-state index contributed by atoms with van der Waals surface area (Å²) >= 11 is 12.1. The molecule has 0 bridgehead atoms. The molecule has 0 spiro atoms. The van der Waals surface area contributed by atoms with Crippen LogP contribution in [0.5, 0.6) is 0 Å². The molecule has 1 N–H and O–H groups in total. The molecule has 114 valence electrons. The van der Waals surface area contributed by atoms with E-state index in [1.54, 1.807) is 4.90 Å². The second-order valence-corrected chi connectivity index (χ2v) is 6.24. The summed E-state index contributed by atoms with van der Waals surface area (Å²) in [5.74, 6) is 5.25. The minimum absolute atomic E-state index is 0.0180. The Morgan fingerprint density at radius 3 is 2.77 bits per heavy atom. The van der Waals surface area contributed by atoms with Gasteiger partial charge in [0.25, 0.3) is 5.91 Å². The predicted octanol–water partition coefficient (Wildman–Crippen LogP) is 3.10. The van der Waals surface area contributed by atoms with Crippen molar-refractivity contribution >= 4 is 35.1 Å². The van der Waals surface area contributed by atoms with Crippen molar-refractivity contribution in [1.29, 1.82) is 0 Å². The monoisotopic (exact) mass is 337 g/mol. The third-order valence-corrected chi connectivity index (χ3v) is 4.55. The number of halogens is 2. The largest absolute Gasteiger partial charge is 0.478 e. The highest BCUT2D eigenvalue weighted by Gasteiger charge is 2.29. The SMILES string of the molecule is O=C(O)c1c(Cl)cc2c(c1Cl)CCN(CC#CC1CC1)C2=O. The van der Waals surface area contributed by atoms with E-state index in [0.29, 0.717) is 36.6 Å². The van der Waals surface area contributed by atoms with Gasteiger partial charge >= 0.3 is 5.97 Å². The summed E-state index contributed by atoms with van der Waals surface area (Å²) < 4.78 is 0. The molecule has 0 aromatic heterocycles. The minimum Gasteiger partial charge on any atom is -0.478 e. The number of carbonyl (C=O) groups is 2. The Kier molecular flexibility index (Phi) is 4.03. The Morgan fingerprint density at radius 1 is 1.41 bits per heavy atom. The van der Waals surface area contributed by atoms with E-state index < -0.39 is 5.97 Å². The lowest BCUT2D eigenvalue weighted by Crippen LogP contribution is -2.38. The lowest BCUT2D eigenvalue weighted by molar-refractivity contribution is 0.0693. The van der Waals surface area contributed by atoms with Crippen LogP contribution in [0.2, 0.25) is 10.0 Å². The van der Waals surface area contributed by atoms with Crippen LogP contribution in [-0.2, 0) is 6.42 Å². The predicted molar refractivity (Wildman–Crippen MR) is 83.5 cm³/mol. The summed E-state index contributed by atoms with van der Waals surface area (Å²) in [5, 5.41) is 9.20.